The summed E-state index contributed by atoms with van der Waals surface area (Å²) >= 11 is 0. The van der Waals surface area contributed by atoms with Gasteiger partial charge in [-0.3, -0.25) is 0 Å². The van der Waals surface area contributed by atoms with Crippen molar-refractivity contribution in [2.75, 3.05) is 13.2 Å². The zero-order chi connectivity index (χ0) is 11.2. The monoisotopic (exact) mass is 222 g/mol. The molecule has 0 radical (unpaired) electrons. The summed E-state index contributed by atoms with van der Waals surface area (Å²) < 4.78 is 11.6. The van der Waals surface area contributed by atoms with Crippen molar-refractivity contribution in [2.45, 2.75) is 19.6 Å². The van der Waals surface area contributed by atoms with E-state index < -0.39 is 5.79 Å². The summed E-state index contributed by atoms with van der Waals surface area (Å²) in [5.41, 5.74) is 2.29. The number of hydrogen-bond donors (Lipinski definition) is 0. The second-order valence-electron chi connectivity index (χ2n) is 5.22. The Morgan fingerprint density at radius 1 is 1.06 bits per heavy atom. The largest absolute Gasteiger partial charge is 1.00 e. The van der Waals surface area contributed by atoms with Gasteiger partial charge in [-0.2, -0.15) is 11.1 Å². The van der Waals surface area contributed by atoms with E-state index in [0.717, 1.165) is 24.4 Å². The Morgan fingerprint density at radius 2 is 1.65 bits per heavy atom. The van der Waals surface area contributed by atoms with E-state index in [1.807, 2.05) is 18.2 Å². The Balaban J connectivity index is 0.00000108. The average Bonchev–Trinajstić information content (AvgIpc) is 3.00. The minimum atomic E-state index is -0.628. The van der Waals surface area contributed by atoms with Gasteiger partial charge < -0.3 is 9.47 Å². The zero-order valence-electron chi connectivity index (χ0n) is 10.6. The molecule has 1 spiro atoms. The van der Waals surface area contributed by atoms with Crippen molar-refractivity contribution in [1.29, 1.82) is 0 Å². The predicted octanol–water partition coefficient (Wildman–Crippen LogP) is -0.340. The van der Waals surface area contributed by atoms with Crippen molar-refractivity contribution in [3.63, 3.8) is 0 Å². The third kappa shape index (κ3) is 2.37. The van der Waals surface area contributed by atoms with Crippen molar-refractivity contribution in [3.8, 4) is 0 Å². The van der Waals surface area contributed by atoms with Crippen molar-refractivity contribution >= 4 is 5.57 Å². The fourth-order valence-electron chi connectivity index (χ4n) is 1.89. The van der Waals surface area contributed by atoms with Crippen molar-refractivity contribution in [1.82, 2.24) is 0 Å². The molecule has 1 heterocycles. The van der Waals surface area contributed by atoms with Gasteiger partial charge in [0, 0.05) is 5.41 Å². The molecule has 2 nitrogen and oxygen atoms in total. The molecule has 0 aromatic heterocycles. The molecule has 0 atom stereocenters. The van der Waals surface area contributed by atoms with Gasteiger partial charge in [-0.25, -0.2) is 6.08 Å². The summed E-state index contributed by atoms with van der Waals surface area (Å²) in [5.74, 6) is -0.628. The first-order valence-corrected chi connectivity index (χ1v) is 5.60. The molecule has 1 saturated heterocycles. The summed E-state index contributed by atoms with van der Waals surface area (Å²) in [4.78, 5) is 0. The third-order valence-corrected chi connectivity index (χ3v) is 2.95. The molecule has 0 saturated carbocycles. The van der Waals surface area contributed by atoms with Crippen LogP contribution in [0.2, 0.25) is 0 Å². The van der Waals surface area contributed by atoms with Gasteiger partial charge >= 0.3 is 18.9 Å². The first-order valence-electron chi connectivity index (χ1n) is 5.60. The van der Waals surface area contributed by atoms with Crippen LogP contribution in [0.3, 0.4) is 0 Å². The minimum Gasteiger partial charge on any atom is -0.361 e. The van der Waals surface area contributed by atoms with Crippen LogP contribution >= 0.6 is 0 Å². The molecule has 3 rings (SSSR count). The Kier molecular flexibility index (Phi) is 3.27. The molecule has 2 aliphatic rings. The summed E-state index contributed by atoms with van der Waals surface area (Å²) in [6.45, 7) is 5.72. The Morgan fingerprint density at radius 3 is 2.24 bits per heavy atom. The van der Waals surface area contributed by atoms with E-state index in [1.54, 1.807) is 0 Å². The topological polar surface area (TPSA) is 18.5 Å². The summed E-state index contributed by atoms with van der Waals surface area (Å²) in [5, 5.41) is 0. The Labute approximate surface area is 114 Å². The molecule has 1 aliphatic carbocycles. The maximum absolute atomic E-state index is 5.79. The van der Waals surface area contributed by atoms with Crippen LogP contribution in [-0.4, -0.2) is 19.0 Å². The maximum Gasteiger partial charge on any atom is 1.00 e. The first kappa shape index (κ1) is 12.9. The minimum absolute atomic E-state index is 0. The number of benzene rings is 1. The fourth-order valence-corrected chi connectivity index (χ4v) is 1.89. The van der Waals surface area contributed by atoms with E-state index in [9.17, 15) is 0 Å². The van der Waals surface area contributed by atoms with Gasteiger partial charge in [0.1, 0.15) is 5.79 Å². The van der Waals surface area contributed by atoms with Gasteiger partial charge in [-0.1, -0.05) is 32.0 Å². The van der Waals surface area contributed by atoms with Crippen LogP contribution in [0.1, 0.15) is 19.4 Å². The van der Waals surface area contributed by atoms with Crippen LogP contribution in [0, 0.1) is 11.5 Å². The number of hydrogen-bond acceptors (Lipinski definition) is 2. The normalized spacial score (nSPS) is 23.8. The maximum atomic E-state index is 5.79. The van der Waals surface area contributed by atoms with E-state index in [-0.39, 0.29) is 24.3 Å². The van der Waals surface area contributed by atoms with Gasteiger partial charge in [0.25, 0.3) is 0 Å². The molecule has 0 N–H and O–H groups in total. The number of rotatable bonds is 1. The van der Waals surface area contributed by atoms with E-state index in [0.29, 0.717) is 0 Å². The van der Waals surface area contributed by atoms with E-state index in [2.05, 4.69) is 32.1 Å². The molecule has 84 valence electrons. The molecule has 0 bridgehead atoms. The molecule has 1 aromatic carbocycles. The standard InChI is InChI=1S/C14H15O2.Li/c1-13(2)9-15-14(16-10-13)8-12(14)11-6-4-3-5-7-11;/h3-7H,9-10H2,1-2H3;/q-1;+1. The molecule has 3 heteroatoms. The molecule has 0 amide bonds. The first-order chi connectivity index (χ1) is 7.61. The van der Waals surface area contributed by atoms with Gasteiger partial charge in [0.05, 0.1) is 13.2 Å². The van der Waals surface area contributed by atoms with E-state index in [1.165, 1.54) is 0 Å². The zero-order valence-corrected chi connectivity index (χ0v) is 10.6. The van der Waals surface area contributed by atoms with Crippen LogP contribution in [0.15, 0.2) is 30.3 Å². The van der Waals surface area contributed by atoms with Crippen molar-refractivity contribution in [2.24, 2.45) is 5.41 Å². The molecule has 1 fully saturated rings. The van der Waals surface area contributed by atoms with Gasteiger partial charge in [-0.15, -0.1) is 12.1 Å². The quantitative estimate of drug-likeness (QED) is 0.478. The molecule has 1 aromatic rings. The molecular formula is C14H15LiO2. The molecule has 17 heavy (non-hydrogen) atoms. The average molecular weight is 222 g/mol. The molecular weight excluding hydrogens is 207 g/mol. The molecule has 0 unspecified atom stereocenters. The van der Waals surface area contributed by atoms with Crippen LogP contribution in [0.25, 0.3) is 5.57 Å². The van der Waals surface area contributed by atoms with Gasteiger partial charge in [0.2, 0.25) is 0 Å². The second kappa shape index (κ2) is 4.30. The third-order valence-electron chi connectivity index (χ3n) is 2.95. The summed E-state index contributed by atoms with van der Waals surface area (Å²) in [6, 6.07) is 10.2. The van der Waals surface area contributed by atoms with Crippen LogP contribution in [0.5, 0.6) is 0 Å². The van der Waals surface area contributed by atoms with Crippen LogP contribution in [-0.2, 0) is 9.47 Å². The summed E-state index contributed by atoms with van der Waals surface area (Å²) in [7, 11) is 0. The van der Waals surface area contributed by atoms with Crippen molar-refractivity contribution < 1.29 is 28.3 Å². The van der Waals surface area contributed by atoms with Crippen molar-refractivity contribution in [3.05, 3.63) is 42.0 Å². The summed E-state index contributed by atoms with van der Waals surface area (Å²) in [6.07, 6.45) is 3.21. The Bertz CT molecular complexity index is 427. The fraction of sp³-hybridized carbons (Fsp3) is 0.429. The van der Waals surface area contributed by atoms with Crippen LogP contribution < -0.4 is 18.9 Å². The second-order valence-corrected chi connectivity index (χ2v) is 5.22. The van der Waals surface area contributed by atoms with E-state index in [4.69, 9.17) is 9.47 Å². The van der Waals surface area contributed by atoms with Gasteiger partial charge in [-0.05, 0) is 0 Å². The van der Waals surface area contributed by atoms with Crippen LogP contribution in [0.4, 0.5) is 0 Å². The SMILES string of the molecule is CC1(C)COC2([C-]=C2c2ccccc2)OC1.[Li+]. The van der Waals surface area contributed by atoms with Gasteiger partial charge in [0.15, 0.2) is 0 Å². The van der Waals surface area contributed by atoms with E-state index >= 15 is 0 Å². The number of ether oxygens (including phenoxy) is 2. The smallest absolute Gasteiger partial charge is 0.361 e. The predicted molar refractivity (Wildman–Crippen MR) is 61.5 cm³/mol. The Hall–Kier alpha value is -0.523. The molecule has 1 aliphatic heterocycles.